The van der Waals surface area contributed by atoms with Crippen molar-refractivity contribution in [3.05, 3.63) is 35.3 Å². The Morgan fingerprint density at radius 3 is 3.33 bits per heavy atom. The summed E-state index contributed by atoms with van der Waals surface area (Å²) in [6.07, 6.45) is 8.43. The van der Waals surface area contributed by atoms with Crippen LogP contribution < -0.4 is 4.72 Å². The second kappa shape index (κ2) is 2.05. The van der Waals surface area contributed by atoms with Gasteiger partial charge in [-0.3, -0.25) is 0 Å². The minimum atomic E-state index is 0.472. The van der Waals surface area contributed by atoms with Crippen LogP contribution in [0.25, 0.3) is 0 Å². The lowest BCUT2D eigenvalue weighted by Gasteiger charge is -2.07. The zero-order valence-electron chi connectivity index (χ0n) is 4.87. The van der Waals surface area contributed by atoms with E-state index in [0.29, 0.717) is 6.04 Å². The molecule has 2 heteroatoms. The van der Waals surface area contributed by atoms with Crippen molar-refractivity contribution in [2.45, 2.75) is 6.04 Å². The van der Waals surface area contributed by atoms with E-state index in [-0.39, 0.29) is 0 Å². The third-order valence-corrected chi connectivity index (χ3v) is 2.23. The fraction of sp³-hybridized carbons (Fsp3) is 0.143. The maximum absolute atomic E-state index is 3.24. The van der Waals surface area contributed by atoms with Crippen molar-refractivity contribution in [3.63, 3.8) is 0 Å². The Hall–Kier alpha value is -0.470. The van der Waals surface area contributed by atoms with Gasteiger partial charge in [0.15, 0.2) is 0 Å². The molecular weight excluding hydrogens is 130 g/mol. The summed E-state index contributed by atoms with van der Waals surface area (Å²) >= 11 is 1.66. The quantitative estimate of drug-likeness (QED) is 0.509. The predicted molar refractivity (Wildman–Crippen MR) is 40.9 cm³/mol. The fourth-order valence-electron chi connectivity index (χ4n) is 0.952. The normalized spacial score (nSPS) is 30.2. The lowest BCUT2D eigenvalue weighted by molar-refractivity contribution is 0.916. The number of hydrogen-bond donors (Lipinski definition) is 1. The monoisotopic (exact) mass is 137 g/mol. The third kappa shape index (κ3) is 0.843. The Kier molecular flexibility index (Phi) is 1.21. The van der Waals surface area contributed by atoms with Crippen molar-refractivity contribution in [2.75, 3.05) is 0 Å². The van der Waals surface area contributed by atoms with E-state index in [9.17, 15) is 0 Å². The first-order valence-electron chi connectivity index (χ1n) is 2.93. The summed E-state index contributed by atoms with van der Waals surface area (Å²) in [4.78, 5) is 0. The predicted octanol–water partition coefficient (Wildman–Crippen LogP) is 1.62. The highest BCUT2D eigenvalue weighted by Crippen LogP contribution is 2.22. The lowest BCUT2D eigenvalue weighted by atomic mass is 10.1. The van der Waals surface area contributed by atoms with Gasteiger partial charge in [-0.1, -0.05) is 36.3 Å². The molecule has 2 aliphatic rings. The number of hydrogen-bond acceptors (Lipinski definition) is 2. The topological polar surface area (TPSA) is 12.0 Å². The summed E-state index contributed by atoms with van der Waals surface area (Å²) in [6, 6.07) is 0.472. The molecule has 0 fully saturated rings. The smallest absolute Gasteiger partial charge is 0.0613 e. The highest BCUT2D eigenvalue weighted by molar-refractivity contribution is 8.00. The molecule has 46 valence electrons. The van der Waals surface area contributed by atoms with Crippen LogP contribution in [0.1, 0.15) is 0 Å². The van der Waals surface area contributed by atoms with Gasteiger partial charge in [0.1, 0.15) is 0 Å². The second-order valence-electron chi connectivity index (χ2n) is 2.08. The Balaban J connectivity index is 2.33. The van der Waals surface area contributed by atoms with Gasteiger partial charge in [0.05, 0.1) is 6.04 Å². The van der Waals surface area contributed by atoms with E-state index in [0.717, 1.165) is 0 Å². The first kappa shape index (κ1) is 5.33. The van der Waals surface area contributed by atoms with Gasteiger partial charge in [-0.15, -0.1) is 0 Å². The molecule has 0 saturated carbocycles. The zero-order valence-corrected chi connectivity index (χ0v) is 5.69. The molecule has 0 saturated heterocycles. The average molecular weight is 137 g/mol. The van der Waals surface area contributed by atoms with E-state index in [2.05, 4.69) is 34.4 Å². The Morgan fingerprint density at radius 1 is 1.44 bits per heavy atom. The molecule has 2 rings (SSSR count). The van der Waals surface area contributed by atoms with E-state index < -0.39 is 0 Å². The van der Waals surface area contributed by atoms with Gasteiger partial charge < -0.3 is 0 Å². The van der Waals surface area contributed by atoms with Gasteiger partial charge >= 0.3 is 0 Å². The molecule has 0 aromatic carbocycles. The summed E-state index contributed by atoms with van der Waals surface area (Å²) in [5.41, 5.74) is 1.38. The fourth-order valence-corrected chi connectivity index (χ4v) is 1.74. The molecule has 1 heterocycles. The van der Waals surface area contributed by atoms with E-state index in [1.54, 1.807) is 11.9 Å². The molecule has 1 aliphatic heterocycles. The van der Waals surface area contributed by atoms with E-state index in [1.807, 2.05) is 0 Å². The van der Waals surface area contributed by atoms with Crippen LogP contribution in [0.2, 0.25) is 0 Å². The van der Waals surface area contributed by atoms with Crippen LogP contribution >= 0.6 is 11.9 Å². The van der Waals surface area contributed by atoms with Crippen molar-refractivity contribution in [1.29, 1.82) is 0 Å². The summed E-state index contributed by atoms with van der Waals surface area (Å²) in [6.45, 7) is 0. The molecule has 9 heavy (non-hydrogen) atoms. The SMILES string of the molecule is C1=CC2=CSNC2C=C1. The Morgan fingerprint density at radius 2 is 2.44 bits per heavy atom. The van der Waals surface area contributed by atoms with E-state index >= 15 is 0 Å². The summed E-state index contributed by atoms with van der Waals surface area (Å²) in [5, 5.41) is 2.14. The Bertz CT molecular complexity index is 200. The molecule has 1 atom stereocenters. The minimum absolute atomic E-state index is 0.472. The average Bonchev–Trinajstić information content (AvgIpc) is 2.33. The number of rotatable bonds is 0. The number of nitrogens with one attached hydrogen (secondary N) is 1. The molecule has 0 bridgehead atoms. The molecular formula is C7H7NS. The molecule has 0 spiro atoms. The largest absolute Gasteiger partial charge is 0.249 e. The van der Waals surface area contributed by atoms with Gasteiger partial charge in [0.25, 0.3) is 0 Å². The van der Waals surface area contributed by atoms with Crippen molar-refractivity contribution in [2.24, 2.45) is 0 Å². The Labute approximate surface area is 58.7 Å². The number of fused-ring (bicyclic) bond motifs is 1. The van der Waals surface area contributed by atoms with Crippen LogP contribution in [0.4, 0.5) is 0 Å². The summed E-state index contributed by atoms with van der Waals surface area (Å²) < 4.78 is 3.24. The standard InChI is InChI=1S/C7H7NS/c1-2-4-7-6(3-1)5-9-8-7/h1-5,7-8H. The molecule has 1 N–H and O–H groups in total. The molecule has 1 unspecified atom stereocenters. The van der Waals surface area contributed by atoms with Crippen LogP contribution in [-0.4, -0.2) is 6.04 Å². The van der Waals surface area contributed by atoms with Crippen molar-refractivity contribution in [3.8, 4) is 0 Å². The van der Waals surface area contributed by atoms with Crippen LogP contribution in [0, 0.1) is 0 Å². The molecule has 1 nitrogen and oxygen atoms in total. The minimum Gasteiger partial charge on any atom is -0.249 e. The second-order valence-corrected chi connectivity index (χ2v) is 2.78. The van der Waals surface area contributed by atoms with Crippen LogP contribution in [0.3, 0.4) is 0 Å². The van der Waals surface area contributed by atoms with Crippen LogP contribution in [0.15, 0.2) is 35.3 Å². The van der Waals surface area contributed by atoms with Gasteiger partial charge in [0, 0.05) is 0 Å². The zero-order chi connectivity index (χ0) is 6.10. The van der Waals surface area contributed by atoms with Crippen molar-refractivity contribution < 1.29 is 0 Å². The third-order valence-electron chi connectivity index (χ3n) is 1.45. The van der Waals surface area contributed by atoms with Crippen molar-refractivity contribution >= 4 is 11.9 Å². The first-order chi connectivity index (χ1) is 4.47. The molecule has 0 aromatic heterocycles. The van der Waals surface area contributed by atoms with E-state index in [4.69, 9.17) is 0 Å². The van der Waals surface area contributed by atoms with Gasteiger partial charge in [-0.25, -0.2) is 4.72 Å². The summed E-state index contributed by atoms with van der Waals surface area (Å²) in [7, 11) is 0. The maximum Gasteiger partial charge on any atom is 0.0613 e. The van der Waals surface area contributed by atoms with Gasteiger partial charge in [-0.2, -0.15) is 0 Å². The lowest BCUT2D eigenvalue weighted by Crippen LogP contribution is -2.17. The van der Waals surface area contributed by atoms with Gasteiger partial charge in [-0.05, 0) is 11.0 Å². The molecule has 0 aromatic rings. The highest BCUT2D eigenvalue weighted by atomic mass is 32.2. The van der Waals surface area contributed by atoms with Crippen LogP contribution in [-0.2, 0) is 0 Å². The highest BCUT2D eigenvalue weighted by Gasteiger charge is 2.14. The summed E-state index contributed by atoms with van der Waals surface area (Å²) in [5.74, 6) is 0. The maximum atomic E-state index is 3.24. The van der Waals surface area contributed by atoms with Crippen LogP contribution in [0.5, 0.6) is 0 Å². The number of allylic oxidation sites excluding steroid dienone is 2. The molecule has 1 aliphatic carbocycles. The van der Waals surface area contributed by atoms with Crippen molar-refractivity contribution in [1.82, 2.24) is 4.72 Å². The first-order valence-corrected chi connectivity index (χ1v) is 3.81. The van der Waals surface area contributed by atoms with Gasteiger partial charge in [0.2, 0.25) is 0 Å². The van der Waals surface area contributed by atoms with E-state index in [1.165, 1.54) is 5.57 Å². The molecule has 0 radical (unpaired) electrons. The molecule has 0 amide bonds.